The number of hydrogen-bond acceptors (Lipinski definition) is 2. The van der Waals surface area contributed by atoms with Crippen molar-refractivity contribution in [2.24, 2.45) is 4.99 Å². The van der Waals surface area contributed by atoms with Gasteiger partial charge in [0.05, 0.1) is 28.7 Å². The zero-order chi connectivity index (χ0) is 19.6. The number of hydrogen-bond donors (Lipinski definition) is 1. The van der Waals surface area contributed by atoms with Gasteiger partial charge in [-0.2, -0.15) is 13.2 Å². The van der Waals surface area contributed by atoms with E-state index in [1.165, 1.54) is 24.4 Å². The maximum atomic E-state index is 12.9. The van der Waals surface area contributed by atoms with Crippen LogP contribution in [0.25, 0.3) is 5.69 Å². The Morgan fingerprint density at radius 1 is 1.11 bits per heavy atom. The van der Waals surface area contributed by atoms with Crippen molar-refractivity contribution in [1.29, 1.82) is 0 Å². The Morgan fingerprint density at radius 3 is 2.59 bits per heavy atom. The predicted octanol–water partition coefficient (Wildman–Crippen LogP) is 5.25. The highest BCUT2D eigenvalue weighted by atomic mass is 19.4. The number of benzene rings is 2. The van der Waals surface area contributed by atoms with Crippen molar-refractivity contribution >= 4 is 17.9 Å². The molecule has 1 heterocycles. The molecule has 0 unspecified atom stereocenters. The number of aromatic carboxylic acids is 1. The van der Waals surface area contributed by atoms with E-state index in [-0.39, 0.29) is 5.56 Å². The molecule has 0 aliphatic carbocycles. The molecule has 0 radical (unpaired) electrons. The van der Waals surface area contributed by atoms with Gasteiger partial charge in [0.15, 0.2) is 0 Å². The molecule has 27 heavy (non-hydrogen) atoms. The fourth-order valence-corrected chi connectivity index (χ4v) is 2.58. The molecule has 138 valence electrons. The number of nitrogens with zero attached hydrogens (tertiary/aromatic N) is 2. The Hall–Kier alpha value is -3.35. The van der Waals surface area contributed by atoms with Crippen LogP contribution in [0.1, 0.15) is 27.2 Å². The summed E-state index contributed by atoms with van der Waals surface area (Å²) in [6, 6.07) is 13.0. The van der Waals surface area contributed by atoms with Gasteiger partial charge in [0.1, 0.15) is 0 Å². The highest BCUT2D eigenvalue weighted by molar-refractivity contribution is 5.89. The zero-order valence-electron chi connectivity index (χ0n) is 14.2. The van der Waals surface area contributed by atoms with Crippen molar-refractivity contribution in [3.8, 4) is 5.69 Å². The van der Waals surface area contributed by atoms with Crippen LogP contribution in [0.3, 0.4) is 0 Å². The summed E-state index contributed by atoms with van der Waals surface area (Å²) in [5.41, 5.74) is 1.56. The van der Waals surface area contributed by atoms with E-state index in [4.69, 9.17) is 5.11 Å². The number of alkyl halides is 3. The fourth-order valence-electron chi connectivity index (χ4n) is 2.58. The third kappa shape index (κ3) is 4.08. The highest BCUT2D eigenvalue weighted by Gasteiger charge is 2.30. The quantitative estimate of drug-likeness (QED) is 0.636. The van der Waals surface area contributed by atoms with Crippen LogP contribution in [-0.4, -0.2) is 21.9 Å². The summed E-state index contributed by atoms with van der Waals surface area (Å²) < 4.78 is 40.4. The van der Waals surface area contributed by atoms with Crippen molar-refractivity contribution in [3.63, 3.8) is 0 Å². The first-order valence-electron chi connectivity index (χ1n) is 7.99. The molecule has 2 aromatic carbocycles. The predicted molar refractivity (Wildman–Crippen MR) is 96.2 cm³/mol. The number of carboxylic acids is 1. The van der Waals surface area contributed by atoms with E-state index in [1.54, 1.807) is 42.0 Å². The van der Waals surface area contributed by atoms with Crippen molar-refractivity contribution in [1.82, 2.24) is 4.57 Å². The number of carboxylic acid groups (broad SMARTS) is 1. The lowest BCUT2D eigenvalue weighted by Crippen LogP contribution is -2.06. The molecule has 0 atom stereocenters. The molecule has 0 amide bonds. The minimum absolute atomic E-state index is 0.112. The van der Waals surface area contributed by atoms with Gasteiger partial charge in [-0.15, -0.1) is 0 Å². The number of aryl methyl sites for hydroxylation is 1. The number of halogens is 3. The molecule has 0 saturated heterocycles. The lowest BCUT2D eigenvalue weighted by Gasteiger charge is -2.11. The van der Waals surface area contributed by atoms with E-state index >= 15 is 0 Å². The third-order valence-corrected chi connectivity index (χ3v) is 4.02. The molecule has 7 heteroatoms. The van der Waals surface area contributed by atoms with Crippen LogP contribution in [0.5, 0.6) is 0 Å². The van der Waals surface area contributed by atoms with E-state index in [9.17, 15) is 18.0 Å². The van der Waals surface area contributed by atoms with Gasteiger partial charge in [0.25, 0.3) is 0 Å². The lowest BCUT2D eigenvalue weighted by atomic mass is 10.1. The molecule has 3 rings (SSSR count). The Kier molecular flexibility index (Phi) is 4.85. The summed E-state index contributed by atoms with van der Waals surface area (Å²) in [5.74, 6) is -1.06. The topological polar surface area (TPSA) is 54.6 Å². The SMILES string of the molecule is Cc1ccc(C(=O)O)cc1N=Cc1cccn1-c1cccc(C(F)(F)F)c1. The molecule has 0 saturated carbocycles. The molecule has 4 nitrogen and oxygen atoms in total. The Labute approximate surface area is 153 Å². The molecule has 1 N–H and O–H groups in total. The van der Waals surface area contributed by atoms with Gasteiger partial charge in [-0.05, 0) is 55.0 Å². The molecule has 0 aliphatic heterocycles. The monoisotopic (exact) mass is 372 g/mol. The molecule has 0 aliphatic rings. The molecular formula is C20H15F3N2O2. The number of carbonyl (C=O) groups is 1. The molecular weight excluding hydrogens is 357 g/mol. The van der Waals surface area contributed by atoms with Crippen molar-refractivity contribution in [3.05, 3.63) is 83.2 Å². The summed E-state index contributed by atoms with van der Waals surface area (Å²) in [5, 5.41) is 9.09. The summed E-state index contributed by atoms with van der Waals surface area (Å²) in [7, 11) is 0. The largest absolute Gasteiger partial charge is 0.478 e. The van der Waals surface area contributed by atoms with Crippen LogP contribution in [0, 0.1) is 6.92 Å². The van der Waals surface area contributed by atoms with Gasteiger partial charge in [-0.3, -0.25) is 4.99 Å². The second-order valence-electron chi connectivity index (χ2n) is 5.92. The molecule has 0 fully saturated rings. The second-order valence-corrected chi connectivity index (χ2v) is 5.92. The van der Waals surface area contributed by atoms with Crippen LogP contribution in [0.4, 0.5) is 18.9 Å². The maximum absolute atomic E-state index is 12.9. The van der Waals surface area contributed by atoms with E-state index in [1.807, 2.05) is 0 Å². The standard InChI is InChI=1S/C20H15F3N2O2/c1-13-7-8-14(19(26)27)10-18(13)24-12-17-6-3-9-25(17)16-5-2-4-15(11-16)20(21,22)23/h2-12H,1H3,(H,26,27). The average Bonchev–Trinajstić information content (AvgIpc) is 3.09. The number of aliphatic imine (C=N–C) groups is 1. The van der Waals surface area contributed by atoms with Crippen LogP contribution in [-0.2, 0) is 6.18 Å². The van der Waals surface area contributed by atoms with E-state index in [2.05, 4.69) is 4.99 Å². The van der Waals surface area contributed by atoms with E-state index in [0.717, 1.165) is 17.7 Å². The molecule has 1 aromatic heterocycles. The van der Waals surface area contributed by atoms with Crippen LogP contribution >= 0.6 is 0 Å². The van der Waals surface area contributed by atoms with Gasteiger partial charge in [0, 0.05) is 11.9 Å². The minimum atomic E-state index is -4.42. The van der Waals surface area contributed by atoms with Gasteiger partial charge < -0.3 is 9.67 Å². The Morgan fingerprint density at radius 2 is 1.89 bits per heavy atom. The van der Waals surface area contributed by atoms with Gasteiger partial charge >= 0.3 is 12.1 Å². The Bertz CT molecular complexity index is 1020. The fraction of sp³-hybridized carbons (Fsp3) is 0.100. The van der Waals surface area contributed by atoms with Crippen molar-refractivity contribution < 1.29 is 23.1 Å². The van der Waals surface area contributed by atoms with Crippen LogP contribution in [0.15, 0.2) is 65.8 Å². The number of aromatic nitrogens is 1. The summed E-state index contributed by atoms with van der Waals surface area (Å²) in [6.07, 6.45) is -1.29. The zero-order valence-corrected chi connectivity index (χ0v) is 14.2. The van der Waals surface area contributed by atoms with Crippen molar-refractivity contribution in [2.45, 2.75) is 13.1 Å². The number of rotatable bonds is 4. The van der Waals surface area contributed by atoms with Gasteiger partial charge in [0.2, 0.25) is 0 Å². The first kappa shape index (κ1) is 18.4. The maximum Gasteiger partial charge on any atom is 0.416 e. The molecule has 0 bridgehead atoms. The van der Waals surface area contributed by atoms with Crippen LogP contribution in [0.2, 0.25) is 0 Å². The van der Waals surface area contributed by atoms with Crippen molar-refractivity contribution in [2.75, 3.05) is 0 Å². The molecule has 0 spiro atoms. The molecule has 3 aromatic rings. The van der Waals surface area contributed by atoms with E-state index in [0.29, 0.717) is 17.1 Å². The Balaban J connectivity index is 1.96. The average molecular weight is 372 g/mol. The third-order valence-electron chi connectivity index (χ3n) is 4.02. The smallest absolute Gasteiger partial charge is 0.416 e. The van der Waals surface area contributed by atoms with E-state index < -0.39 is 17.7 Å². The van der Waals surface area contributed by atoms with Gasteiger partial charge in [-0.25, -0.2) is 4.79 Å². The second kappa shape index (κ2) is 7.11. The summed E-state index contributed by atoms with van der Waals surface area (Å²) in [6.45, 7) is 1.80. The first-order chi connectivity index (χ1) is 12.8. The summed E-state index contributed by atoms with van der Waals surface area (Å²) >= 11 is 0. The van der Waals surface area contributed by atoms with Crippen LogP contribution < -0.4 is 0 Å². The van der Waals surface area contributed by atoms with Gasteiger partial charge in [-0.1, -0.05) is 12.1 Å². The highest BCUT2D eigenvalue weighted by Crippen LogP contribution is 2.30. The minimum Gasteiger partial charge on any atom is -0.478 e. The first-order valence-corrected chi connectivity index (χ1v) is 7.99. The lowest BCUT2D eigenvalue weighted by molar-refractivity contribution is -0.137. The summed E-state index contributed by atoms with van der Waals surface area (Å²) in [4.78, 5) is 15.4. The normalized spacial score (nSPS) is 11.9.